The molecule has 1 aromatic rings. The van der Waals surface area contributed by atoms with Gasteiger partial charge in [0.2, 0.25) is 0 Å². The average Bonchev–Trinajstić information content (AvgIpc) is 2.33. The van der Waals surface area contributed by atoms with Crippen LogP contribution < -0.4 is 11.1 Å². The number of halogens is 1. The lowest BCUT2D eigenvalue weighted by Gasteiger charge is -2.18. The molecule has 0 atom stereocenters. The van der Waals surface area contributed by atoms with Gasteiger partial charge in [-0.05, 0) is 23.0 Å². The van der Waals surface area contributed by atoms with Crippen molar-refractivity contribution in [3.05, 3.63) is 35.4 Å². The first-order valence-electron chi connectivity index (χ1n) is 6.56. The summed E-state index contributed by atoms with van der Waals surface area (Å²) in [5.74, 6) is 0.525. The van der Waals surface area contributed by atoms with Gasteiger partial charge < -0.3 is 11.1 Å². The Kier molecular flexibility index (Phi) is 8.06. The van der Waals surface area contributed by atoms with E-state index in [-0.39, 0.29) is 29.4 Å². The van der Waals surface area contributed by atoms with Crippen LogP contribution in [0.5, 0.6) is 0 Å². The molecule has 19 heavy (non-hydrogen) atoms. The van der Waals surface area contributed by atoms with Crippen molar-refractivity contribution in [2.75, 3.05) is 6.54 Å². The third kappa shape index (κ3) is 6.80. The van der Waals surface area contributed by atoms with E-state index in [2.05, 4.69) is 62.3 Å². The molecule has 0 aromatic heterocycles. The summed E-state index contributed by atoms with van der Waals surface area (Å²) >= 11 is 0. The number of aliphatic imine (C=N–C) groups is 1. The first-order chi connectivity index (χ1) is 8.43. The maximum Gasteiger partial charge on any atom is 0.188 e. The van der Waals surface area contributed by atoms with Gasteiger partial charge in [0, 0.05) is 6.54 Å². The van der Waals surface area contributed by atoms with E-state index in [1.54, 1.807) is 0 Å². The van der Waals surface area contributed by atoms with Gasteiger partial charge >= 0.3 is 0 Å². The summed E-state index contributed by atoms with van der Waals surface area (Å²) in [7, 11) is 0. The molecule has 0 saturated carbocycles. The van der Waals surface area contributed by atoms with Gasteiger partial charge in [-0.25, -0.2) is 4.99 Å². The van der Waals surface area contributed by atoms with Gasteiger partial charge in [-0.2, -0.15) is 0 Å². The third-order valence-electron chi connectivity index (χ3n) is 2.81. The zero-order chi connectivity index (χ0) is 13.6. The Balaban J connectivity index is 0.00000324. The smallest absolute Gasteiger partial charge is 0.188 e. The highest BCUT2D eigenvalue weighted by molar-refractivity contribution is 14.0. The molecule has 4 heteroatoms. The lowest BCUT2D eigenvalue weighted by molar-refractivity contribution is 0.590. The molecule has 0 saturated heterocycles. The SMILES string of the molecule is CCCNC(N)=NCc1ccc(C(C)(C)C)cc1.I. The normalized spacial score (nSPS) is 11.9. The van der Waals surface area contributed by atoms with E-state index in [9.17, 15) is 0 Å². The second kappa shape index (κ2) is 8.40. The molecule has 0 aliphatic heterocycles. The molecule has 0 spiro atoms. The van der Waals surface area contributed by atoms with Crippen molar-refractivity contribution in [3.8, 4) is 0 Å². The predicted molar refractivity (Wildman–Crippen MR) is 94.2 cm³/mol. The first-order valence-corrected chi connectivity index (χ1v) is 6.56. The van der Waals surface area contributed by atoms with Crippen molar-refractivity contribution in [2.45, 2.75) is 46.1 Å². The van der Waals surface area contributed by atoms with Crippen molar-refractivity contribution in [1.82, 2.24) is 5.32 Å². The Morgan fingerprint density at radius 1 is 1.21 bits per heavy atom. The van der Waals surface area contributed by atoms with Gasteiger partial charge in [0.05, 0.1) is 6.54 Å². The van der Waals surface area contributed by atoms with Crippen LogP contribution in [0.2, 0.25) is 0 Å². The topological polar surface area (TPSA) is 50.4 Å². The van der Waals surface area contributed by atoms with Crippen LogP contribution in [0.15, 0.2) is 29.3 Å². The van der Waals surface area contributed by atoms with Gasteiger partial charge in [0.1, 0.15) is 0 Å². The number of guanidine groups is 1. The summed E-state index contributed by atoms with van der Waals surface area (Å²) in [6, 6.07) is 8.58. The maximum atomic E-state index is 5.75. The number of nitrogens with one attached hydrogen (secondary N) is 1. The molecule has 0 heterocycles. The minimum absolute atomic E-state index is 0. The minimum atomic E-state index is 0. The molecular formula is C15H26IN3. The number of nitrogens with zero attached hydrogens (tertiary/aromatic N) is 1. The molecule has 1 rings (SSSR count). The first kappa shape index (κ1) is 18.2. The molecule has 1 aromatic carbocycles. The Bertz CT molecular complexity index is 391. The fraction of sp³-hybridized carbons (Fsp3) is 0.533. The summed E-state index contributed by atoms with van der Waals surface area (Å²) in [4.78, 5) is 4.31. The van der Waals surface area contributed by atoms with Crippen LogP contribution in [0, 0.1) is 0 Å². The number of benzene rings is 1. The van der Waals surface area contributed by atoms with Crippen molar-refractivity contribution in [1.29, 1.82) is 0 Å². The van der Waals surface area contributed by atoms with Crippen molar-refractivity contribution < 1.29 is 0 Å². The molecular weight excluding hydrogens is 349 g/mol. The highest BCUT2D eigenvalue weighted by atomic mass is 127. The van der Waals surface area contributed by atoms with E-state index in [0.29, 0.717) is 12.5 Å². The van der Waals surface area contributed by atoms with Gasteiger partial charge in [-0.3, -0.25) is 0 Å². The Morgan fingerprint density at radius 2 is 1.79 bits per heavy atom. The quantitative estimate of drug-likeness (QED) is 0.481. The van der Waals surface area contributed by atoms with Crippen LogP contribution in [0.1, 0.15) is 45.2 Å². The van der Waals surface area contributed by atoms with Crippen LogP contribution in [-0.4, -0.2) is 12.5 Å². The molecule has 0 radical (unpaired) electrons. The summed E-state index contributed by atoms with van der Waals surface area (Å²) in [5.41, 5.74) is 8.47. The lowest BCUT2D eigenvalue weighted by Crippen LogP contribution is -2.32. The zero-order valence-electron chi connectivity index (χ0n) is 12.4. The molecule has 3 N–H and O–H groups in total. The summed E-state index contributed by atoms with van der Waals surface area (Å²) in [5, 5.41) is 3.07. The highest BCUT2D eigenvalue weighted by Gasteiger charge is 2.12. The average molecular weight is 375 g/mol. The summed E-state index contributed by atoms with van der Waals surface area (Å²) in [6.07, 6.45) is 1.05. The van der Waals surface area contributed by atoms with Gasteiger partial charge in [-0.15, -0.1) is 24.0 Å². The van der Waals surface area contributed by atoms with Crippen LogP contribution >= 0.6 is 24.0 Å². The van der Waals surface area contributed by atoms with Crippen molar-refractivity contribution >= 4 is 29.9 Å². The minimum Gasteiger partial charge on any atom is -0.370 e. The fourth-order valence-corrected chi connectivity index (χ4v) is 1.60. The number of nitrogens with two attached hydrogens (primary N) is 1. The maximum absolute atomic E-state index is 5.75. The molecule has 0 aliphatic rings. The molecule has 3 nitrogen and oxygen atoms in total. The fourth-order valence-electron chi connectivity index (χ4n) is 1.60. The number of hydrogen-bond donors (Lipinski definition) is 2. The van der Waals surface area contributed by atoms with Crippen LogP contribution in [0.25, 0.3) is 0 Å². The Morgan fingerprint density at radius 3 is 2.26 bits per heavy atom. The zero-order valence-corrected chi connectivity index (χ0v) is 14.7. The Hall–Kier alpha value is -0.780. The summed E-state index contributed by atoms with van der Waals surface area (Å²) in [6.45, 7) is 10.3. The number of hydrogen-bond acceptors (Lipinski definition) is 1. The van der Waals surface area contributed by atoms with Crippen LogP contribution in [-0.2, 0) is 12.0 Å². The molecule has 0 bridgehead atoms. The van der Waals surface area contributed by atoms with Gasteiger partial charge in [0.15, 0.2) is 5.96 Å². The second-order valence-corrected chi connectivity index (χ2v) is 5.58. The van der Waals surface area contributed by atoms with Crippen molar-refractivity contribution in [3.63, 3.8) is 0 Å². The van der Waals surface area contributed by atoms with E-state index >= 15 is 0 Å². The predicted octanol–water partition coefficient (Wildman–Crippen LogP) is 3.42. The molecule has 0 fully saturated rings. The highest BCUT2D eigenvalue weighted by Crippen LogP contribution is 2.22. The second-order valence-electron chi connectivity index (χ2n) is 5.58. The Labute approximate surface area is 134 Å². The van der Waals surface area contributed by atoms with Crippen LogP contribution in [0.4, 0.5) is 0 Å². The third-order valence-corrected chi connectivity index (χ3v) is 2.81. The van der Waals surface area contributed by atoms with Gasteiger partial charge in [0.25, 0.3) is 0 Å². The van der Waals surface area contributed by atoms with E-state index in [4.69, 9.17) is 5.73 Å². The van der Waals surface area contributed by atoms with E-state index in [1.807, 2.05) is 0 Å². The molecule has 0 unspecified atom stereocenters. The van der Waals surface area contributed by atoms with E-state index in [0.717, 1.165) is 13.0 Å². The largest absolute Gasteiger partial charge is 0.370 e. The summed E-state index contributed by atoms with van der Waals surface area (Å²) < 4.78 is 0. The standard InChI is InChI=1S/C15H25N3.HI/c1-5-10-17-14(16)18-11-12-6-8-13(9-7-12)15(2,3)4;/h6-9H,5,10-11H2,1-4H3,(H3,16,17,18);1H. The van der Waals surface area contributed by atoms with Crippen molar-refractivity contribution in [2.24, 2.45) is 10.7 Å². The number of rotatable bonds is 4. The molecule has 0 amide bonds. The van der Waals surface area contributed by atoms with Crippen LogP contribution in [0.3, 0.4) is 0 Å². The lowest BCUT2D eigenvalue weighted by atomic mass is 9.87. The van der Waals surface area contributed by atoms with E-state index in [1.165, 1.54) is 11.1 Å². The molecule has 108 valence electrons. The van der Waals surface area contributed by atoms with E-state index < -0.39 is 0 Å². The monoisotopic (exact) mass is 375 g/mol. The molecule has 0 aliphatic carbocycles. The van der Waals surface area contributed by atoms with Gasteiger partial charge in [-0.1, -0.05) is 52.0 Å².